The van der Waals surface area contributed by atoms with E-state index in [-0.39, 0.29) is 17.8 Å². The molecule has 0 unspecified atom stereocenters. The van der Waals surface area contributed by atoms with Crippen LogP contribution in [0.15, 0.2) is 12.4 Å². The first-order chi connectivity index (χ1) is 13.9. The largest absolute Gasteiger partial charge is 0.444 e. The minimum atomic E-state index is -4.47. The summed E-state index contributed by atoms with van der Waals surface area (Å²) in [6.07, 6.45) is -2.77. The SMILES string of the molecule is CC(C)(C)OC(=O)N1CC[C@H](C(=O)N2CCN(c3ncc(C(F)(F)F)cn3)CC2)C1. The number of halogens is 3. The Morgan fingerprint density at radius 3 is 2.13 bits per heavy atom. The van der Waals surface area contributed by atoms with Crippen molar-refractivity contribution in [1.82, 2.24) is 19.8 Å². The van der Waals surface area contributed by atoms with E-state index in [1.165, 1.54) is 0 Å². The second-order valence-corrected chi connectivity index (χ2v) is 8.49. The monoisotopic (exact) mass is 429 g/mol. The normalized spacial score (nSPS) is 20.5. The molecule has 0 N–H and O–H groups in total. The van der Waals surface area contributed by atoms with Gasteiger partial charge in [-0.15, -0.1) is 0 Å². The Labute approximate surface area is 173 Å². The van der Waals surface area contributed by atoms with Crippen molar-refractivity contribution in [2.75, 3.05) is 44.2 Å². The lowest BCUT2D eigenvalue weighted by Gasteiger charge is -2.36. The summed E-state index contributed by atoms with van der Waals surface area (Å²) >= 11 is 0. The molecule has 2 fully saturated rings. The van der Waals surface area contributed by atoms with Crippen LogP contribution in [-0.4, -0.2) is 76.6 Å². The van der Waals surface area contributed by atoms with Crippen LogP contribution in [0, 0.1) is 5.92 Å². The predicted molar refractivity (Wildman–Crippen MR) is 102 cm³/mol. The number of hydrogen-bond acceptors (Lipinski definition) is 6. The van der Waals surface area contributed by atoms with Gasteiger partial charge < -0.3 is 19.4 Å². The van der Waals surface area contributed by atoms with Crippen LogP contribution in [0.1, 0.15) is 32.8 Å². The van der Waals surface area contributed by atoms with E-state index in [9.17, 15) is 22.8 Å². The van der Waals surface area contributed by atoms with Crippen LogP contribution < -0.4 is 4.90 Å². The molecule has 30 heavy (non-hydrogen) atoms. The van der Waals surface area contributed by atoms with Crippen molar-refractivity contribution < 1.29 is 27.5 Å². The van der Waals surface area contributed by atoms with Crippen molar-refractivity contribution in [3.05, 3.63) is 18.0 Å². The highest BCUT2D eigenvalue weighted by atomic mass is 19.4. The maximum absolute atomic E-state index is 12.8. The first kappa shape index (κ1) is 22.1. The number of likely N-dealkylation sites (tertiary alicyclic amines) is 1. The van der Waals surface area contributed by atoms with E-state index in [4.69, 9.17) is 4.74 Å². The summed E-state index contributed by atoms with van der Waals surface area (Å²) in [6.45, 7) is 7.90. The second-order valence-electron chi connectivity index (χ2n) is 8.49. The summed E-state index contributed by atoms with van der Waals surface area (Å²) in [7, 11) is 0. The fraction of sp³-hybridized carbons (Fsp3) is 0.684. The molecule has 2 aliphatic heterocycles. The number of carbonyl (C=O) groups excluding carboxylic acids is 2. The zero-order valence-electron chi connectivity index (χ0n) is 17.3. The molecule has 166 valence electrons. The van der Waals surface area contributed by atoms with Crippen molar-refractivity contribution in [1.29, 1.82) is 0 Å². The van der Waals surface area contributed by atoms with Crippen molar-refractivity contribution in [2.24, 2.45) is 5.92 Å². The number of anilines is 1. The molecule has 2 amide bonds. The third kappa shape index (κ3) is 5.31. The molecule has 11 heteroatoms. The lowest BCUT2D eigenvalue weighted by atomic mass is 10.1. The molecule has 1 aromatic rings. The van der Waals surface area contributed by atoms with Gasteiger partial charge in [0.05, 0.1) is 11.5 Å². The molecule has 3 heterocycles. The van der Waals surface area contributed by atoms with Crippen LogP contribution in [0.3, 0.4) is 0 Å². The average Bonchev–Trinajstić information content (AvgIpc) is 3.16. The third-order valence-electron chi connectivity index (χ3n) is 5.03. The number of rotatable bonds is 2. The molecule has 0 spiro atoms. The first-order valence-electron chi connectivity index (χ1n) is 9.85. The van der Waals surface area contributed by atoms with Gasteiger partial charge in [-0.05, 0) is 27.2 Å². The van der Waals surface area contributed by atoms with Crippen LogP contribution in [0.2, 0.25) is 0 Å². The summed E-state index contributed by atoms with van der Waals surface area (Å²) < 4.78 is 43.3. The van der Waals surface area contributed by atoms with E-state index in [2.05, 4.69) is 9.97 Å². The number of nitrogens with zero attached hydrogens (tertiary/aromatic N) is 5. The average molecular weight is 429 g/mol. The van der Waals surface area contributed by atoms with Crippen LogP contribution in [0.5, 0.6) is 0 Å². The van der Waals surface area contributed by atoms with Crippen molar-refractivity contribution in [3.63, 3.8) is 0 Å². The van der Waals surface area contributed by atoms with Gasteiger partial charge in [0.25, 0.3) is 0 Å². The number of piperazine rings is 1. The summed E-state index contributed by atoms with van der Waals surface area (Å²) in [5.74, 6) is -0.0764. The standard InChI is InChI=1S/C19H26F3N5O3/c1-18(2,3)30-17(29)27-5-4-13(12-27)15(28)25-6-8-26(9-7-25)16-23-10-14(11-24-16)19(20,21)22/h10-11,13H,4-9,12H2,1-3H3/t13-/m0/s1. The van der Waals surface area contributed by atoms with Crippen LogP contribution in [0.4, 0.5) is 23.9 Å². The van der Waals surface area contributed by atoms with Crippen molar-refractivity contribution in [2.45, 2.75) is 39.0 Å². The lowest BCUT2D eigenvalue weighted by molar-refractivity contribution is -0.138. The van der Waals surface area contributed by atoms with Gasteiger partial charge in [0.15, 0.2) is 0 Å². The van der Waals surface area contributed by atoms with Crippen molar-refractivity contribution >= 4 is 17.9 Å². The number of alkyl halides is 3. The minimum Gasteiger partial charge on any atom is -0.444 e. The Hall–Kier alpha value is -2.59. The maximum atomic E-state index is 12.8. The summed E-state index contributed by atoms with van der Waals surface area (Å²) in [5.41, 5.74) is -1.48. The summed E-state index contributed by atoms with van der Waals surface area (Å²) in [5, 5.41) is 0. The Bertz CT molecular complexity index is 771. The van der Waals surface area contributed by atoms with Gasteiger partial charge in [-0.1, -0.05) is 0 Å². The van der Waals surface area contributed by atoms with E-state index in [1.54, 1.807) is 35.5 Å². The zero-order valence-corrected chi connectivity index (χ0v) is 17.3. The quantitative estimate of drug-likeness (QED) is 0.719. The molecule has 0 radical (unpaired) electrons. The van der Waals surface area contributed by atoms with Gasteiger partial charge in [-0.3, -0.25) is 4.79 Å². The number of ether oxygens (including phenoxy) is 1. The fourth-order valence-corrected chi connectivity index (χ4v) is 3.47. The Kier molecular flexibility index (Phi) is 6.09. The van der Waals surface area contributed by atoms with E-state index in [0.29, 0.717) is 45.7 Å². The van der Waals surface area contributed by atoms with E-state index in [1.807, 2.05) is 0 Å². The topological polar surface area (TPSA) is 78.9 Å². The van der Waals surface area contributed by atoms with Gasteiger partial charge in [-0.2, -0.15) is 13.2 Å². The van der Waals surface area contributed by atoms with Gasteiger partial charge in [0.2, 0.25) is 11.9 Å². The minimum absolute atomic E-state index is 0.0194. The summed E-state index contributed by atoms with van der Waals surface area (Å²) in [6, 6.07) is 0. The van der Waals surface area contributed by atoms with Gasteiger partial charge in [0, 0.05) is 51.7 Å². The number of hydrogen-bond donors (Lipinski definition) is 0. The molecule has 2 aliphatic rings. The van der Waals surface area contributed by atoms with Gasteiger partial charge in [-0.25, -0.2) is 14.8 Å². The molecule has 8 nitrogen and oxygen atoms in total. The number of carbonyl (C=O) groups is 2. The van der Waals surface area contributed by atoms with Gasteiger partial charge in [0.1, 0.15) is 5.60 Å². The lowest BCUT2D eigenvalue weighted by Crippen LogP contribution is -2.51. The molecule has 1 aromatic heterocycles. The molecule has 0 bridgehead atoms. The fourth-order valence-electron chi connectivity index (χ4n) is 3.47. The number of aromatic nitrogens is 2. The molecule has 0 saturated carbocycles. The van der Waals surface area contributed by atoms with Gasteiger partial charge >= 0.3 is 12.3 Å². The third-order valence-corrected chi connectivity index (χ3v) is 5.03. The van der Waals surface area contributed by atoms with Crippen molar-refractivity contribution in [3.8, 4) is 0 Å². The Balaban J connectivity index is 1.50. The molecule has 1 atom stereocenters. The maximum Gasteiger partial charge on any atom is 0.419 e. The molecule has 3 rings (SSSR count). The highest BCUT2D eigenvalue weighted by Gasteiger charge is 2.36. The van der Waals surface area contributed by atoms with E-state index >= 15 is 0 Å². The molecule has 0 aromatic carbocycles. The number of amides is 2. The molecular formula is C19H26F3N5O3. The van der Waals surface area contributed by atoms with Crippen LogP contribution in [0.25, 0.3) is 0 Å². The van der Waals surface area contributed by atoms with E-state index in [0.717, 1.165) is 12.4 Å². The second kappa shape index (κ2) is 8.27. The highest BCUT2D eigenvalue weighted by Crippen LogP contribution is 2.28. The smallest absolute Gasteiger partial charge is 0.419 e. The Morgan fingerprint density at radius 1 is 1.00 bits per heavy atom. The first-order valence-corrected chi connectivity index (χ1v) is 9.85. The van der Waals surface area contributed by atoms with E-state index < -0.39 is 23.4 Å². The zero-order chi connectivity index (χ0) is 22.1. The molecule has 2 saturated heterocycles. The molecule has 0 aliphatic carbocycles. The summed E-state index contributed by atoms with van der Waals surface area (Å²) in [4.78, 5) is 37.7. The van der Waals surface area contributed by atoms with Crippen LogP contribution in [-0.2, 0) is 15.7 Å². The highest BCUT2D eigenvalue weighted by molar-refractivity contribution is 5.81. The van der Waals surface area contributed by atoms with Crippen LogP contribution >= 0.6 is 0 Å². The molecular weight excluding hydrogens is 403 g/mol. The Morgan fingerprint density at radius 2 is 1.60 bits per heavy atom. The predicted octanol–water partition coefficient (Wildman–Crippen LogP) is 2.40.